The Kier molecular flexibility index (Phi) is 22.4. The first-order valence-corrected chi connectivity index (χ1v) is 16.4. The maximum atomic E-state index is 13.1. The molecular formula is C35H60N4O5. The summed E-state index contributed by atoms with van der Waals surface area (Å²) in [7, 11) is 3.84. The third kappa shape index (κ3) is 15.5. The molecule has 0 aliphatic carbocycles. The number of piperidine rings is 1. The number of rotatable bonds is 10. The van der Waals surface area contributed by atoms with Crippen LogP contribution in [0.25, 0.3) is 0 Å². The molecule has 2 fully saturated rings. The molecule has 0 aromatic heterocycles. The third-order valence-electron chi connectivity index (χ3n) is 7.21. The highest BCUT2D eigenvalue weighted by Gasteiger charge is 2.36. The summed E-state index contributed by atoms with van der Waals surface area (Å²) in [6, 6.07) is 8.48. The lowest BCUT2D eigenvalue weighted by molar-refractivity contribution is -0.153. The number of amides is 3. The lowest BCUT2D eigenvalue weighted by atomic mass is 9.99. The van der Waals surface area contributed by atoms with Gasteiger partial charge in [0.1, 0.15) is 12.6 Å². The van der Waals surface area contributed by atoms with Crippen LogP contribution in [0.2, 0.25) is 0 Å². The van der Waals surface area contributed by atoms with E-state index in [0.29, 0.717) is 24.9 Å². The Bertz CT molecular complexity index is 977. The van der Waals surface area contributed by atoms with Crippen molar-refractivity contribution in [3.63, 3.8) is 0 Å². The molecule has 2 saturated heterocycles. The standard InChI is InChI=1S/C24H33N3O5.C6H13N.C3H8.C2H6/c1-17(2)21(26(4)22(29)14-25-16-28)13-18(3)23(30)27-12-8-11-20(27)24(31)32-15-19-9-6-5-7-10-19;1-7-5-3-2-4-6-7;1-3-2;1-2/h5-7,9-10,13,16-17,20-21H,8,11-12,14-15H2,1-4H3,(H,25,28);2-6H2,1H3;3H2,1-2H3;1-2H3/b18-13+;;;/t20-,21+;;;/m0.../s1. The second kappa shape index (κ2) is 24.2. The summed E-state index contributed by atoms with van der Waals surface area (Å²) in [5.41, 5.74) is 1.36. The number of likely N-dealkylation sites (N-methyl/N-ethyl adjacent to an activating group) is 1. The van der Waals surface area contributed by atoms with Crippen LogP contribution in [0.1, 0.15) is 92.6 Å². The van der Waals surface area contributed by atoms with Gasteiger partial charge in [-0.1, -0.05) is 90.8 Å². The zero-order chi connectivity index (χ0) is 33.5. The number of hydrogen-bond donors (Lipinski definition) is 1. The zero-order valence-electron chi connectivity index (χ0n) is 28.9. The van der Waals surface area contributed by atoms with Crippen molar-refractivity contribution >= 4 is 24.2 Å². The first-order chi connectivity index (χ1) is 21.1. The van der Waals surface area contributed by atoms with Crippen LogP contribution in [0, 0.1) is 5.92 Å². The van der Waals surface area contributed by atoms with E-state index >= 15 is 0 Å². The molecule has 2 aliphatic heterocycles. The summed E-state index contributed by atoms with van der Waals surface area (Å²) in [6.45, 7) is 17.0. The van der Waals surface area contributed by atoms with Gasteiger partial charge >= 0.3 is 5.97 Å². The molecule has 0 saturated carbocycles. The zero-order valence-corrected chi connectivity index (χ0v) is 28.9. The predicted molar refractivity (Wildman–Crippen MR) is 179 cm³/mol. The van der Waals surface area contributed by atoms with E-state index in [-0.39, 0.29) is 36.9 Å². The van der Waals surface area contributed by atoms with Gasteiger partial charge in [-0.15, -0.1) is 0 Å². The normalized spacial score (nSPS) is 17.0. The van der Waals surface area contributed by atoms with Crippen molar-refractivity contribution in [2.45, 2.75) is 106 Å². The van der Waals surface area contributed by atoms with Gasteiger partial charge in [0.05, 0.1) is 12.6 Å². The minimum absolute atomic E-state index is 0.0492. The SMILES string of the molecule is C/C(=C\[C@H](C(C)C)N(C)C(=O)CNC=O)C(=O)N1CCC[C@H]1C(=O)OCc1ccccc1.CC.CCC.CN1CCCCC1. The number of carbonyl (C=O) groups excluding carboxylic acids is 4. The molecule has 0 bridgehead atoms. The molecule has 2 heterocycles. The topological polar surface area (TPSA) is 99.3 Å². The van der Waals surface area contributed by atoms with Crippen LogP contribution in [0.3, 0.4) is 0 Å². The summed E-state index contributed by atoms with van der Waals surface area (Å²) in [6.07, 6.45) is 9.06. The predicted octanol–water partition coefficient (Wildman–Crippen LogP) is 5.44. The quantitative estimate of drug-likeness (QED) is 0.214. The number of nitrogens with one attached hydrogen (secondary N) is 1. The fourth-order valence-electron chi connectivity index (χ4n) is 4.86. The highest BCUT2D eigenvalue weighted by Crippen LogP contribution is 2.23. The molecular weight excluding hydrogens is 556 g/mol. The fraction of sp³-hybridized carbons (Fsp3) is 0.657. The van der Waals surface area contributed by atoms with Crippen molar-refractivity contribution < 1.29 is 23.9 Å². The molecule has 9 nitrogen and oxygen atoms in total. The smallest absolute Gasteiger partial charge is 0.329 e. The van der Waals surface area contributed by atoms with Gasteiger partial charge in [-0.05, 0) is 64.2 Å². The summed E-state index contributed by atoms with van der Waals surface area (Å²) in [5, 5.41) is 2.37. The van der Waals surface area contributed by atoms with Gasteiger partial charge in [0, 0.05) is 19.2 Å². The molecule has 3 rings (SSSR count). The van der Waals surface area contributed by atoms with E-state index in [2.05, 4.69) is 31.1 Å². The number of esters is 1. The first kappa shape index (κ1) is 40.8. The number of likely N-dealkylation sites (tertiary alicyclic amines) is 2. The van der Waals surface area contributed by atoms with E-state index in [9.17, 15) is 19.2 Å². The number of benzene rings is 1. The molecule has 0 spiro atoms. The minimum Gasteiger partial charge on any atom is -0.459 e. The van der Waals surface area contributed by atoms with Crippen LogP contribution in [0.5, 0.6) is 0 Å². The van der Waals surface area contributed by atoms with E-state index < -0.39 is 12.0 Å². The van der Waals surface area contributed by atoms with Crippen molar-refractivity contribution in [2.24, 2.45) is 5.92 Å². The molecule has 2 atom stereocenters. The van der Waals surface area contributed by atoms with Gasteiger partial charge in [-0.25, -0.2) is 4.79 Å². The van der Waals surface area contributed by atoms with Crippen molar-refractivity contribution in [3.8, 4) is 0 Å². The van der Waals surface area contributed by atoms with Gasteiger partial charge in [0.2, 0.25) is 18.2 Å². The fourth-order valence-corrected chi connectivity index (χ4v) is 4.86. The Morgan fingerprint density at radius 1 is 1.02 bits per heavy atom. The Balaban J connectivity index is 0.00000130. The van der Waals surface area contributed by atoms with E-state index in [0.717, 1.165) is 12.0 Å². The van der Waals surface area contributed by atoms with Crippen LogP contribution < -0.4 is 5.32 Å². The highest BCUT2D eigenvalue weighted by atomic mass is 16.5. The molecule has 1 aromatic carbocycles. The van der Waals surface area contributed by atoms with Gasteiger partial charge in [-0.2, -0.15) is 0 Å². The van der Waals surface area contributed by atoms with Crippen LogP contribution in [0.4, 0.5) is 0 Å². The van der Waals surface area contributed by atoms with Gasteiger partial charge in [0.15, 0.2) is 0 Å². The summed E-state index contributed by atoms with van der Waals surface area (Å²) in [5.74, 6) is -0.842. The summed E-state index contributed by atoms with van der Waals surface area (Å²) < 4.78 is 5.46. The van der Waals surface area contributed by atoms with E-state index in [1.807, 2.05) is 58.0 Å². The Morgan fingerprint density at radius 3 is 2.11 bits per heavy atom. The Hall–Kier alpha value is -3.20. The first-order valence-electron chi connectivity index (χ1n) is 16.4. The van der Waals surface area contributed by atoms with E-state index in [1.54, 1.807) is 24.9 Å². The maximum Gasteiger partial charge on any atom is 0.329 e. The molecule has 1 aromatic rings. The van der Waals surface area contributed by atoms with E-state index in [4.69, 9.17) is 4.74 Å². The molecule has 0 radical (unpaired) electrons. The molecule has 3 amide bonds. The van der Waals surface area contributed by atoms with Gasteiger partial charge < -0.3 is 24.8 Å². The second-order valence-electron chi connectivity index (χ2n) is 11.4. The number of carbonyl (C=O) groups is 4. The summed E-state index contributed by atoms with van der Waals surface area (Å²) in [4.78, 5) is 54.1. The van der Waals surface area contributed by atoms with Crippen LogP contribution in [0.15, 0.2) is 42.0 Å². The molecule has 0 unspecified atom stereocenters. The lowest BCUT2D eigenvalue weighted by Crippen LogP contribution is -2.44. The van der Waals surface area contributed by atoms with Crippen LogP contribution in [-0.4, -0.2) is 91.3 Å². The van der Waals surface area contributed by atoms with Crippen LogP contribution in [-0.2, 0) is 30.5 Å². The third-order valence-corrected chi connectivity index (χ3v) is 7.21. The Morgan fingerprint density at radius 2 is 1.61 bits per heavy atom. The second-order valence-corrected chi connectivity index (χ2v) is 11.4. The number of hydrogen-bond acceptors (Lipinski definition) is 6. The van der Waals surface area contributed by atoms with Crippen molar-refractivity contribution in [1.82, 2.24) is 20.0 Å². The molecule has 2 aliphatic rings. The lowest BCUT2D eigenvalue weighted by Gasteiger charge is -2.30. The van der Waals surface area contributed by atoms with Crippen molar-refractivity contribution in [2.75, 3.05) is 40.3 Å². The highest BCUT2D eigenvalue weighted by molar-refractivity contribution is 5.96. The van der Waals surface area contributed by atoms with E-state index in [1.165, 1.54) is 43.7 Å². The van der Waals surface area contributed by atoms with Crippen molar-refractivity contribution in [1.29, 1.82) is 0 Å². The molecule has 1 N–H and O–H groups in total. The number of ether oxygens (including phenoxy) is 1. The summed E-state index contributed by atoms with van der Waals surface area (Å²) >= 11 is 0. The van der Waals surface area contributed by atoms with Crippen molar-refractivity contribution in [3.05, 3.63) is 47.5 Å². The monoisotopic (exact) mass is 616 g/mol. The minimum atomic E-state index is -0.608. The molecule has 250 valence electrons. The van der Waals surface area contributed by atoms with Gasteiger partial charge in [0.25, 0.3) is 0 Å². The number of nitrogens with zero attached hydrogens (tertiary/aromatic N) is 3. The average Bonchev–Trinajstić information content (AvgIpc) is 3.53. The van der Waals surface area contributed by atoms with Crippen LogP contribution >= 0.6 is 0 Å². The average molecular weight is 617 g/mol. The molecule has 44 heavy (non-hydrogen) atoms. The maximum absolute atomic E-state index is 13.1. The van der Waals surface area contributed by atoms with Gasteiger partial charge in [-0.3, -0.25) is 14.4 Å². The largest absolute Gasteiger partial charge is 0.459 e. The molecule has 9 heteroatoms. The Labute approximate surface area is 267 Å².